The summed E-state index contributed by atoms with van der Waals surface area (Å²) in [5, 5.41) is 0. The molecule has 28 heavy (non-hydrogen) atoms. The molecule has 0 aromatic rings. The monoisotopic (exact) mass is 397 g/mol. The van der Waals surface area contributed by atoms with Gasteiger partial charge in [-0.15, -0.1) is 0 Å². The lowest BCUT2D eigenvalue weighted by Gasteiger charge is -2.45. The number of hydrogen-bond donors (Lipinski definition) is 0. The molecule has 1 unspecified atom stereocenters. The predicted molar refractivity (Wildman–Crippen MR) is 117 cm³/mol. The first kappa shape index (κ1) is 24.1. The molecule has 0 aromatic heterocycles. The molecule has 2 rings (SSSR count). The molecule has 1 aliphatic heterocycles. The van der Waals surface area contributed by atoms with E-state index in [1.807, 2.05) is 0 Å². The van der Waals surface area contributed by atoms with E-state index in [2.05, 4.69) is 53.4 Å². The minimum Gasteiger partial charge on any atom is -0.383 e. The molecule has 166 valence electrons. The van der Waals surface area contributed by atoms with E-state index in [0.29, 0.717) is 16.9 Å². The Labute approximate surface area is 174 Å². The Kier molecular flexibility index (Phi) is 8.41. The van der Waals surface area contributed by atoms with Gasteiger partial charge in [0.25, 0.3) is 0 Å². The standard InChI is InChI=1S/C24H47NO3/c1-19(2)25(15-16-26-8)14-11-21-17-27-24(28-21)12-9-20(10-13-24)23(6,7)18-22(3,4)5/h19-21H,9-18H2,1-8H3. The topological polar surface area (TPSA) is 30.9 Å². The summed E-state index contributed by atoms with van der Waals surface area (Å²) in [4.78, 5) is 2.48. The fourth-order valence-electron chi connectivity index (χ4n) is 5.52. The molecule has 2 fully saturated rings. The van der Waals surface area contributed by atoms with Crippen LogP contribution in [0.1, 0.15) is 87.0 Å². The molecule has 4 nitrogen and oxygen atoms in total. The van der Waals surface area contributed by atoms with Crippen molar-refractivity contribution in [3.63, 3.8) is 0 Å². The molecular weight excluding hydrogens is 350 g/mol. The zero-order valence-electron chi connectivity index (χ0n) is 20.0. The van der Waals surface area contributed by atoms with Gasteiger partial charge in [0, 0.05) is 39.1 Å². The number of methoxy groups -OCH3 is 1. The van der Waals surface area contributed by atoms with Gasteiger partial charge in [-0.1, -0.05) is 34.6 Å². The van der Waals surface area contributed by atoms with Gasteiger partial charge in [-0.05, 0) is 56.3 Å². The minimum atomic E-state index is -0.297. The molecule has 0 aromatic carbocycles. The fourth-order valence-corrected chi connectivity index (χ4v) is 5.52. The van der Waals surface area contributed by atoms with Crippen molar-refractivity contribution in [2.24, 2.45) is 16.7 Å². The van der Waals surface area contributed by atoms with Crippen LogP contribution in [0.4, 0.5) is 0 Å². The van der Waals surface area contributed by atoms with Crippen LogP contribution in [-0.4, -0.2) is 56.2 Å². The lowest BCUT2D eigenvalue weighted by Crippen LogP contribution is -2.41. The van der Waals surface area contributed by atoms with Crippen LogP contribution >= 0.6 is 0 Å². The van der Waals surface area contributed by atoms with Gasteiger partial charge in [0.2, 0.25) is 0 Å². The van der Waals surface area contributed by atoms with Gasteiger partial charge in [0.15, 0.2) is 5.79 Å². The third-order valence-electron chi connectivity index (χ3n) is 6.80. The number of hydrogen-bond acceptors (Lipinski definition) is 4. The highest BCUT2D eigenvalue weighted by atomic mass is 16.7. The summed E-state index contributed by atoms with van der Waals surface area (Å²) in [5.41, 5.74) is 0.770. The first-order chi connectivity index (χ1) is 13.0. The van der Waals surface area contributed by atoms with Crippen molar-refractivity contribution >= 4 is 0 Å². The van der Waals surface area contributed by atoms with Crippen molar-refractivity contribution in [2.45, 2.75) is 105 Å². The zero-order chi connectivity index (χ0) is 21.0. The number of nitrogens with zero attached hydrogens (tertiary/aromatic N) is 1. The van der Waals surface area contributed by atoms with Gasteiger partial charge in [-0.2, -0.15) is 0 Å². The van der Waals surface area contributed by atoms with Crippen LogP contribution in [0.15, 0.2) is 0 Å². The Balaban J connectivity index is 1.80. The van der Waals surface area contributed by atoms with Gasteiger partial charge in [0.1, 0.15) is 0 Å². The van der Waals surface area contributed by atoms with E-state index in [-0.39, 0.29) is 11.9 Å². The van der Waals surface area contributed by atoms with Gasteiger partial charge in [-0.3, -0.25) is 4.90 Å². The van der Waals surface area contributed by atoms with E-state index in [4.69, 9.17) is 14.2 Å². The van der Waals surface area contributed by atoms with Crippen LogP contribution in [0, 0.1) is 16.7 Å². The Morgan fingerprint density at radius 2 is 1.71 bits per heavy atom. The second-order valence-corrected chi connectivity index (χ2v) is 11.4. The van der Waals surface area contributed by atoms with E-state index in [0.717, 1.165) is 51.5 Å². The van der Waals surface area contributed by atoms with Crippen LogP contribution in [0.25, 0.3) is 0 Å². The third kappa shape index (κ3) is 6.97. The van der Waals surface area contributed by atoms with Crippen LogP contribution in [0.5, 0.6) is 0 Å². The Morgan fingerprint density at radius 1 is 1.07 bits per heavy atom. The molecule has 1 saturated heterocycles. The smallest absolute Gasteiger partial charge is 0.168 e. The molecule has 0 radical (unpaired) electrons. The summed E-state index contributed by atoms with van der Waals surface area (Å²) >= 11 is 0. The van der Waals surface area contributed by atoms with Gasteiger partial charge >= 0.3 is 0 Å². The van der Waals surface area contributed by atoms with Crippen molar-refractivity contribution in [3.8, 4) is 0 Å². The highest BCUT2D eigenvalue weighted by Crippen LogP contribution is 2.49. The molecule has 4 heteroatoms. The summed E-state index contributed by atoms with van der Waals surface area (Å²) in [7, 11) is 1.77. The van der Waals surface area contributed by atoms with Crippen LogP contribution in [0.3, 0.4) is 0 Å². The van der Waals surface area contributed by atoms with Gasteiger partial charge in [-0.25, -0.2) is 0 Å². The van der Waals surface area contributed by atoms with Crippen LogP contribution in [0.2, 0.25) is 0 Å². The third-order valence-corrected chi connectivity index (χ3v) is 6.80. The van der Waals surface area contributed by atoms with Crippen molar-refractivity contribution < 1.29 is 14.2 Å². The van der Waals surface area contributed by atoms with E-state index in [1.165, 1.54) is 19.3 Å². The minimum absolute atomic E-state index is 0.239. The van der Waals surface area contributed by atoms with Crippen LogP contribution < -0.4 is 0 Å². The first-order valence-corrected chi connectivity index (χ1v) is 11.5. The second-order valence-electron chi connectivity index (χ2n) is 11.4. The second kappa shape index (κ2) is 9.76. The molecule has 1 aliphatic carbocycles. The summed E-state index contributed by atoms with van der Waals surface area (Å²) in [6, 6.07) is 0.534. The highest BCUT2D eigenvalue weighted by Gasteiger charge is 2.47. The molecular formula is C24H47NO3. The maximum atomic E-state index is 6.51. The molecule has 1 saturated carbocycles. The summed E-state index contributed by atoms with van der Waals surface area (Å²) < 4.78 is 18.0. The Hall–Kier alpha value is -0.160. The summed E-state index contributed by atoms with van der Waals surface area (Å²) in [6.07, 6.45) is 7.11. The van der Waals surface area contributed by atoms with E-state index in [1.54, 1.807) is 7.11 Å². The summed E-state index contributed by atoms with van der Waals surface area (Å²) in [5.74, 6) is 0.475. The van der Waals surface area contributed by atoms with Crippen molar-refractivity contribution in [1.29, 1.82) is 0 Å². The van der Waals surface area contributed by atoms with Crippen molar-refractivity contribution in [2.75, 3.05) is 33.4 Å². The number of rotatable bonds is 9. The maximum absolute atomic E-state index is 6.51. The normalized spacial score (nSPS) is 29.4. The van der Waals surface area contributed by atoms with E-state index in [9.17, 15) is 0 Å². The maximum Gasteiger partial charge on any atom is 0.168 e. The van der Waals surface area contributed by atoms with Crippen LogP contribution in [-0.2, 0) is 14.2 Å². The predicted octanol–water partition coefficient (Wildman–Crippen LogP) is 5.50. The Bertz CT molecular complexity index is 461. The quantitative estimate of drug-likeness (QED) is 0.514. The average molecular weight is 398 g/mol. The average Bonchev–Trinajstić information content (AvgIpc) is 2.95. The van der Waals surface area contributed by atoms with Crippen molar-refractivity contribution in [3.05, 3.63) is 0 Å². The fraction of sp³-hybridized carbons (Fsp3) is 1.00. The molecule has 1 spiro atoms. The van der Waals surface area contributed by atoms with E-state index < -0.39 is 0 Å². The molecule has 0 amide bonds. The Morgan fingerprint density at radius 3 is 2.25 bits per heavy atom. The lowest BCUT2D eigenvalue weighted by atomic mass is 9.64. The molecule has 1 atom stereocenters. The van der Waals surface area contributed by atoms with Gasteiger partial charge in [0.05, 0.1) is 19.3 Å². The SMILES string of the molecule is COCCN(CCC1COC2(CCC(C(C)(C)CC(C)(C)C)CC2)O1)C(C)C. The largest absolute Gasteiger partial charge is 0.383 e. The van der Waals surface area contributed by atoms with Gasteiger partial charge < -0.3 is 14.2 Å². The molecule has 0 bridgehead atoms. The lowest BCUT2D eigenvalue weighted by molar-refractivity contribution is -0.198. The highest BCUT2D eigenvalue weighted by molar-refractivity contribution is 4.91. The molecule has 1 heterocycles. The first-order valence-electron chi connectivity index (χ1n) is 11.5. The number of ether oxygens (including phenoxy) is 3. The zero-order valence-corrected chi connectivity index (χ0v) is 20.0. The summed E-state index contributed by atoms with van der Waals surface area (Å²) in [6.45, 7) is 20.1. The molecule has 2 aliphatic rings. The van der Waals surface area contributed by atoms with E-state index >= 15 is 0 Å². The van der Waals surface area contributed by atoms with Crippen molar-refractivity contribution in [1.82, 2.24) is 4.90 Å². The molecule has 0 N–H and O–H groups in total.